The monoisotopic (exact) mass is 407 g/mol. The zero-order chi connectivity index (χ0) is 20.7. The highest BCUT2D eigenvalue weighted by Crippen LogP contribution is 2.19. The van der Waals surface area contributed by atoms with Crippen molar-refractivity contribution in [2.75, 3.05) is 24.4 Å². The Bertz CT molecular complexity index is 897. The lowest BCUT2D eigenvalue weighted by molar-refractivity contribution is 0.0938. The smallest absolute Gasteiger partial charge is 0.261 e. The number of hydrogen-bond acceptors (Lipinski definition) is 4. The molecule has 2 aromatic rings. The number of sulfonamides is 1. The van der Waals surface area contributed by atoms with Crippen LogP contribution in [0, 0.1) is 5.82 Å². The predicted octanol–water partition coefficient (Wildman–Crippen LogP) is 3.09. The number of rotatable bonds is 9. The number of hydrogen-bond donors (Lipinski definition) is 2. The molecule has 28 heavy (non-hydrogen) atoms. The van der Waals surface area contributed by atoms with Crippen LogP contribution in [0.4, 0.5) is 10.1 Å². The van der Waals surface area contributed by atoms with Crippen LogP contribution < -0.4 is 10.0 Å². The highest BCUT2D eigenvalue weighted by Gasteiger charge is 2.17. The zero-order valence-corrected chi connectivity index (χ0v) is 17.1. The van der Waals surface area contributed by atoms with Crippen LogP contribution in [-0.4, -0.2) is 44.9 Å². The molecule has 0 saturated heterocycles. The van der Waals surface area contributed by atoms with Crippen molar-refractivity contribution in [1.82, 2.24) is 10.2 Å². The van der Waals surface area contributed by atoms with E-state index < -0.39 is 15.8 Å². The molecule has 0 aromatic heterocycles. The quantitative estimate of drug-likeness (QED) is 0.670. The second-order valence-electron chi connectivity index (χ2n) is 6.39. The highest BCUT2D eigenvalue weighted by atomic mass is 32.2. The molecule has 0 saturated carbocycles. The molecule has 0 aliphatic heterocycles. The van der Waals surface area contributed by atoms with E-state index in [1.54, 1.807) is 0 Å². The summed E-state index contributed by atoms with van der Waals surface area (Å²) in [6.45, 7) is 8.46. The van der Waals surface area contributed by atoms with Crippen molar-refractivity contribution < 1.29 is 17.6 Å². The summed E-state index contributed by atoms with van der Waals surface area (Å²) in [4.78, 5) is 14.5. The molecule has 1 atom stereocenters. The van der Waals surface area contributed by atoms with E-state index in [0.29, 0.717) is 12.1 Å². The summed E-state index contributed by atoms with van der Waals surface area (Å²) >= 11 is 0. The third-order valence-corrected chi connectivity index (χ3v) is 5.92. The van der Waals surface area contributed by atoms with Crippen LogP contribution in [0.5, 0.6) is 0 Å². The zero-order valence-electron chi connectivity index (χ0n) is 16.3. The summed E-state index contributed by atoms with van der Waals surface area (Å²) in [6, 6.07) is 11.2. The maximum atomic E-state index is 13.7. The number of carbonyl (C=O) groups excluding carboxylic acids is 1. The summed E-state index contributed by atoms with van der Waals surface area (Å²) in [5.74, 6) is -0.936. The molecular formula is C20H26FN3O3S. The van der Waals surface area contributed by atoms with Gasteiger partial charge in [0.15, 0.2) is 0 Å². The second-order valence-corrected chi connectivity index (χ2v) is 8.07. The van der Waals surface area contributed by atoms with Crippen LogP contribution in [0.1, 0.15) is 31.1 Å². The first-order chi connectivity index (χ1) is 13.3. The summed E-state index contributed by atoms with van der Waals surface area (Å²) in [5.41, 5.74) is 0.228. The number of nitrogens with one attached hydrogen (secondary N) is 2. The molecule has 6 nitrogen and oxygen atoms in total. The van der Waals surface area contributed by atoms with Gasteiger partial charge in [0.2, 0.25) is 0 Å². The molecule has 2 aromatic carbocycles. The Balaban J connectivity index is 2.04. The van der Waals surface area contributed by atoms with Crippen LogP contribution in [0.25, 0.3) is 0 Å². The van der Waals surface area contributed by atoms with Gasteiger partial charge in [-0.15, -0.1) is 0 Å². The topological polar surface area (TPSA) is 78.5 Å². The fourth-order valence-electron chi connectivity index (χ4n) is 2.85. The third kappa shape index (κ3) is 5.53. The average molecular weight is 408 g/mol. The lowest BCUT2D eigenvalue weighted by Gasteiger charge is -2.26. The van der Waals surface area contributed by atoms with Crippen molar-refractivity contribution in [2.24, 2.45) is 0 Å². The Labute approximate surface area is 165 Å². The Morgan fingerprint density at radius 3 is 2.25 bits per heavy atom. The minimum atomic E-state index is -3.95. The number of carbonyl (C=O) groups is 1. The minimum Gasteiger partial charge on any atom is -0.350 e. The summed E-state index contributed by atoms with van der Waals surface area (Å²) in [5, 5.41) is 2.86. The maximum Gasteiger partial charge on any atom is 0.261 e. The summed E-state index contributed by atoms with van der Waals surface area (Å²) in [6.07, 6.45) is 0. The molecule has 152 valence electrons. The average Bonchev–Trinajstić information content (AvgIpc) is 2.69. The van der Waals surface area contributed by atoms with Crippen LogP contribution in [0.2, 0.25) is 0 Å². The van der Waals surface area contributed by atoms with E-state index in [4.69, 9.17) is 0 Å². The molecule has 0 aliphatic rings. The SMILES string of the molecule is CCN(CC)C(C)CNC(=O)c1ccc(S(=O)(=O)Nc2ccccc2F)cc1. The highest BCUT2D eigenvalue weighted by molar-refractivity contribution is 7.92. The van der Waals surface area contributed by atoms with Crippen molar-refractivity contribution in [3.05, 3.63) is 59.9 Å². The van der Waals surface area contributed by atoms with Crippen molar-refractivity contribution >= 4 is 21.6 Å². The Hall–Kier alpha value is -2.45. The molecule has 0 aliphatic carbocycles. The van der Waals surface area contributed by atoms with Crippen molar-refractivity contribution in [2.45, 2.75) is 31.7 Å². The number of para-hydroxylation sites is 1. The Morgan fingerprint density at radius 1 is 1.07 bits per heavy atom. The molecule has 0 heterocycles. The van der Waals surface area contributed by atoms with Gasteiger partial charge in [0.25, 0.3) is 15.9 Å². The number of likely N-dealkylation sites (N-methyl/N-ethyl adjacent to an activating group) is 1. The first-order valence-electron chi connectivity index (χ1n) is 9.18. The number of nitrogens with zero attached hydrogens (tertiary/aromatic N) is 1. The maximum absolute atomic E-state index is 13.7. The van der Waals surface area contributed by atoms with Crippen molar-refractivity contribution in [3.8, 4) is 0 Å². The molecule has 2 N–H and O–H groups in total. The van der Waals surface area contributed by atoms with E-state index in [1.807, 2.05) is 6.92 Å². The molecule has 0 spiro atoms. The Morgan fingerprint density at radius 2 is 1.68 bits per heavy atom. The van der Waals surface area contributed by atoms with Gasteiger partial charge in [0, 0.05) is 18.2 Å². The standard InChI is InChI=1S/C20H26FN3O3S/c1-4-24(5-2)15(3)14-22-20(25)16-10-12-17(13-11-16)28(26,27)23-19-9-7-6-8-18(19)21/h6-13,15,23H,4-5,14H2,1-3H3,(H,22,25). The van der Waals surface area contributed by atoms with Gasteiger partial charge in [-0.2, -0.15) is 0 Å². The van der Waals surface area contributed by atoms with Gasteiger partial charge >= 0.3 is 0 Å². The fraction of sp³-hybridized carbons (Fsp3) is 0.350. The summed E-state index contributed by atoms with van der Waals surface area (Å²) in [7, 11) is -3.95. The van der Waals surface area contributed by atoms with Gasteiger partial charge in [-0.05, 0) is 56.4 Å². The van der Waals surface area contributed by atoms with Gasteiger partial charge in [-0.1, -0.05) is 26.0 Å². The molecule has 0 radical (unpaired) electrons. The first-order valence-corrected chi connectivity index (χ1v) is 10.7. The third-order valence-electron chi connectivity index (χ3n) is 4.54. The number of benzene rings is 2. The second kappa shape index (κ2) is 9.66. The van der Waals surface area contributed by atoms with E-state index >= 15 is 0 Å². The first kappa shape index (κ1) is 21.8. The van der Waals surface area contributed by atoms with Gasteiger partial charge in [-0.25, -0.2) is 12.8 Å². The van der Waals surface area contributed by atoms with Crippen LogP contribution in [0.3, 0.4) is 0 Å². The van der Waals surface area contributed by atoms with E-state index in [-0.39, 0.29) is 22.5 Å². The molecule has 2 rings (SSSR count). The lowest BCUT2D eigenvalue weighted by Crippen LogP contribution is -2.42. The minimum absolute atomic E-state index is 0.0520. The van der Waals surface area contributed by atoms with E-state index in [9.17, 15) is 17.6 Å². The van der Waals surface area contributed by atoms with Crippen molar-refractivity contribution in [3.63, 3.8) is 0 Å². The lowest BCUT2D eigenvalue weighted by atomic mass is 10.2. The van der Waals surface area contributed by atoms with Gasteiger partial charge < -0.3 is 5.32 Å². The fourth-order valence-corrected chi connectivity index (χ4v) is 3.92. The largest absolute Gasteiger partial charge is 0.350 e. The van der Waals surface area contributed by atoms with Gasteiger partial charge in [0.05, 0.1) is 10.6 Å². The van der Waals surface area contributed by atoms with E-state index in [2.05, 4.69) is 28.8 Å². The van der Waals surface area contributed by atoms with Crippen LogP contribution in [-0.2, 0) is 10.0 Å². The van der Waals surface area contributed by atoms with Gasteiger partial charge in [0.1, 0.15) is 5.82 Å². The summed E-state index contributed by atoms with van der Waals surface area (Å²) < 4.78 is 40.7. The molecule has 1 amide bonds. The number of amides is 1. The van der Waals surface area contributed by atoms with E-state index in [0.717, 1.165) is 13.1 Å². The molecule has 0 fully saturated rings. The normalized spacial score (nSPS) is 12.6. The van der Waals surface area contributed by atoms with E-state index in [1.165, 1.54) is 48.5 Å². The van der Waals surface area contributed by atoms with Gasteiger partial charge in [-0.3, -0.25) is 14.4 Å². The molecule has 1 unspecified atom stereocenters. The molecule has 8 heteroatoms. The Kier molecular flexibility index (Phi) is 7.53. The molecule has 0 bridgehead atoms. The van der Waals surface area contributed by atoms with Crippen LogP contribution in [0.15, 0.2) is 53.4 Å². The van der Waals surface area contributed by atoms with Crippen molar-refractivity contribution in [1.29, 1.82) is 0 Å². The predicted molar refractivity (Wildman–Crippen MR) is 108 cm³/mol. The number of halogens is 1. The molecular weight excluding hydrogens is 381 g/mol. The number of anilines is 1. The van der Waals surface area contributed by atoms with Crippen LogP contribution >= 0.6 is 0 Å².